The molecule has 6 nitrogen and oxygen atoms in total. The Kier molecular flexibility index (Phi) is 5.91. The molecule has 2 aliphatic heterocycles. The predicted octanol–water partition coefficient (Wildman–Crippen LogP) is 3.86. The van der Waals surface area contributed by atoms with Crippen molar-refractivity contribution in [3.63, 3.8) is 0 Å². The largest absolute Gasteiger partial charge is 0.468 e. The first-order valence-electron chi connectivity index (χ1n) is 11.2. The smallest absolute Gasteiger partial charge is 0.326 e. The third-order valence-corrected chi connectivity index (χ3v) is 6.86. The van der Waals surface area contributed by atoms with Crippen LogP contribution in [0.5, 0.6) is 0 Å². The SMILES string of the molecule is CCCC[C@@]1(C(=O)OC)N[C@@H](c2ccc(C)cc2)[C@H]2C(=O)N(c3ccc(C)cc3)C(=O)[C@@H]21. The molecule has 1 N–H and O–H groups in total. The lowest BCUT2D eigenvalue weighted by Crippen LogP contribution is -2.56. The van der Waals surface area contributed by atoms with E-state index < -0.39 is 29.4 Å². The zero-order valence-electron chi connectivity index (χ0n) is 19.1. The quantitative estimate of drug-likeness (QED) is 0.552. The van der Waals surface area contributed by atoms with E-state index >= 15 is 0 Å². The fourth-order valence-electron chi connectivity index (χ4n) is 5.17. The first-order valence-corrected chi connectivity index (χ1v) is 11.2. The first kappa shape index (κ1) is 22.2. The van der Waals surface area contributed by atoms with Crippen LogP contribution in [0.25, 0.3) is 0 Å². The highest BCUT2D eigenvalue weighted by Crippen LogP contribution is 2.51. The Hall–Kier alpha value is -2.99. The van der Waals surface area contributed by atoms with E-state index in [1.54, 1.807) is 12.1 Å². The van der Waals surface area contributed by atoms with E-state index in [1.807, 2.05) is 57.2 Å². The van der Waals surface area contributed by atoms with Crippen molar-refractivity contribution >= 4 is 23.5 Å². The van der Waals surface area contributed by atoms with E-state index in [0.717, 1.165) is 29.5 Å². The van der Waals surface area contributed by atoms with Gasteiger partial charge in [-0.15, -0.1) is 0 Å². The monoisotopic (exact) mass is 434 g/mol. The highest BCUT2D eigenvalue weighted by molar-refractivity contribution is 6.24. The lowest BCUT2D eigenvalue weighted by atomic mass is 9.76. The molecule has 2 aromatic rings. The number of methoxy groups -OCH3 is 1. The molecule has 0 aliphatic carbocycles. The van der Waals surface area contributed by atoms with Crippen molar-refractivity contribution in [1.29, 1.82) is 0 Å². The number of rotatable bonds is 6. The van der Waals surface area contributed by atoms with Crippen molar-refractivity contribution in [2.24, 2.45) is 11.8 Å². The minimum absolute atomic E-state index is 0.274. The Morgan fingerprint density at radius 1 is 1.00 bits per heavy atom. The number of ether oxygens (including phenoxy) is 1. The average molecular weight is 435 g/mol. The van der Waals surface area contributed by atoms with E-state index in [-0.39, 0.29) is 11.8 Å². The number of hydrogen-bond acceptors (Lipinski definition) is 5. The summed E-state index contributed by atoms with van der Waals surface area (Å²) >= 11 is 0. The van der Waals surface area contributed by atoms with Gasteiger partial charge in [0.25, 0.3) is 0 Å². The van der Waals surface area contributed by atoms with E-state index in [2.05, 4.69) is 5.32 Å². The van der Waals surface area contributed by atoms with E-state index in [0.29, 0.717) is 12.1 Å². The van der Waals surface area contributed by atoms with Crippen LogP contribution in [0.2, 0.25) is 0 Å². The summed E-state index contributed by atoms with van der Waals surface area (Å²) in [6.45, 7) is 5.99. The molecule has 0 aromatic heterocycles. The molecule has 0 saturated carbocycles. The van der Waals surface area contributed by atoms with Crippen molar-refractivity contribution < 1.29 is 19.1 Å². The summed E-state index contributed by atoms with van der Waals surface area (Å²) in [4.78, 5) is 41.9. The number of unbranched alkanes of at least 4 members (excludes halogenated alkanes) is 1. The summed E-state index contributed by atoms with van der Waals surface area (Å²) in [6, 6.07) is 14.8. The lowest BCUT2D eigenvalue weighted by Gasteiger charge is -2.32. The standard InChI is InChI=1S/C26H30N2O4/c1-5-6-15-26(25(31)32-4)21-20(22(27-26)18-11-7-16(2)8-12-18)23(29)28(24(21)30)19-13-9-17(3)10-14-19/h7-14,20-22,27H,5-6,15H2,1-4H3/t20-,21+,22-,26+/m0/s1. The minimum atomic E-state index is -1.24. The van der Waals surface area contributed by atoms with Crippen LogP contribution in [0.15, 0.2) is 48.5 Å². The van der Waals surface area contributed by atoms with Crippen LogP contribution in [0.4, 0.5) is 5.69 Å². The number of nitrogens with zero attached hydrogens (tertiary/aromatic N) is 1. The molecule has 168 valence electrons. The van der Waals surface area contributed by atoms with Gasteiger partial charge in [-0.2, -0.15) is 0 Å². The van der Waals surface area contributed by atoms with Gasteiger partial charge >= 0.3 is 5.97 Å². The maximum absolute atomic E-state index is 13.8. The van der Waals surface area contributed by atoms with Crippen LogP contribution in [-0.2, 0) is 19.1 Å². The van der Waals surface area contributed by atoms with E-state index in [4.69, 9.17) is 4.74 Å². The molecule has 2 heterocycles. The number of nitrogens with one attached hydrogen (secondary N) is 1. The van der Waals surface area contributed by atoms with Gasteiger partial charge < -0.3 is 4.74 Å². The second kappa shape index (κ2) is 8.51. The van der Waals surface area contributed by atoms with Gasteiger partial charge in [0.15, 0.2) is 0 Å². The third kappa shape index (κ3) is 3.43. The van der Waals surface area contributed by atoms with E-state index in [9.17, 15) is 14.4 Å². The van der Waals surface area contributed by atoms with Gasteiger partial charge in [-0.05, 0) is 38.0 Å². The molecule has 0 bridgehead atoms. The minimum Gasteiger partial charge on any atom is -0.468 e. The van der Waals surface area contributed by atoms with Gasteiger partial charge in [0.05, 0.1) is 24.6 Å². The van der Waals surface area contributed by atoms with Crippen LogP contribution < -0.4 is 10.2 Å². The summed E-state index contributed by atoms with van der Waals surface area (Å²) in [5.41, 5.74) is 2.33. The highest BCUT2D eigenvalue weighted by Gasteiger charge is 2.68. The number of benzene rings is 2. The Labute approximate surface area is 188 Å². The Morgan fingerprint density at radius 2 is 1.59 bits per heavy atom. The number of amides is 2. The summed E-state index contributed by atoms with van der Waals surface area (Å²) in [5, 5.41) is 3.43. The van der Waals surface area contributed by atoms with Crippen molar-refractivity contribution in [3.8, 4) is 0 Å². The maximum atomic E-state index is 13.8. The molecule has 0 radical (unpaired) electrons. The Bertz CT molecular complexity index is 1030. The van der Waals surface area contributed by atoms with Gasteiger partial charge in [0.2, 0.25) is 11.8 Å². The van der Waals surface area contributed by atoms with Crippen molar-refractivity contribution in [2.75, 3.05) is 12.0 Å². The zero-order chi connectivity index (χ0) is 23.0. The highest BCUT2D eigenvalue weighted by atomic mass is 16.5. The molecular weight excluding hydrogens is 404 g/mol. The van der Waals surface area contributed by atoms with E-state index in [1.165, 1.54) is 12.0 Å². The maximum Gasteiger partial charge on any atom is 0.326 e. The number of esters is 1. The molecule has 32 heavy (non-hydrogen) atoms. The van der Waals surface area contributed by atoms with Crippen molar-refractivity contribution in [3.05, 3.63) is 65.2 Å². The normalized spacial score (nSPS) is 27.0. The Morgan fingerprint density at radius 3 is 2.16 bits per heavy atom. The number of anilines is 1. The number of carbonyl (C=O) groups is 3. The van der Waals surface area contributed by atoms with Gasteiger partial charge in [0, 0.05) is 6.04 Å². The molecule has 2 amide bonds. The topological polar surface area (TPSA) is 75.7 Å². The van der Waals surface area contributed by atoms with Gasteiger partial charge in [-0.25, -0.2) is 4.90 Å². The number of aryl methyl sites for hydroxylation is 2. The molecule has 2 saturated heterocycles. The molecule has 2 aromatic carbocycles. The summed E-state index contributed by atoms with van der Waals surface area (Å²) < 4.78 is 5.20. The van der Waals surface area contributed by atoms with Crippen LogP contribution in [0.3, 0.4) is 0 Å². The lowest BCUT2D eigenvalue weighted by molar-refractivity contribution is -0.152. The summed E-state index contributed by atoms with van der Waals surface area (Å²) in [6.07, 6.45) is 2.02. The van der Waals surface area contributed by atoms with Gasteiger partial charge in [0.1, 0.15) is 5.54 Å². The van der Waals surface area contributed by atoms with Crippen LogP contribution >= 0.6 is 0 Å². The molecule has 4 atom stereocenters. The molecule has 0 spiro atoms. The number of fused-ring (bicyclic) bond motifs is 1. The fourth-order valence-corrected chi connectivity index (χ4v) is 5.17. The molecule has 0 unspecified atom stereocenters. The third-order valence-electron chi connectivity index (χ3n) is 6.86. The molecular formula is C26H30N2O4. The number of hydrogen-bond donors (Lipinski definition) is 1. The molecule has 2 aliphatic rings. The number of carbonyl (C=O) groups excluding carboxylic acids is 3. The summed E-state index contributed by atoms with van der Waals surface area (Å²) in [5.74, 6) is -2.59. The first-order chi connectivity index (χ1) is 15.3. The van der Waals surface area contributed by atoms with Crippen molar-refractivity contribution in [2.45, 2.75) is 51.6 Å². The van der Waals surface area contributed by atoms with Crippen LogP contribution in [0.1, 0.15) is 48.9 Å². The second-order valence-electron chi connectivity index (χ2n) is 8.95. The zero-order valence-corrected chi connectivity index (χ0v) is 19.1. The second-order valence-corrected chi connectivity index (χ2v) is 8.95. The molecule has 2 fully saturated rings. The van der Waals surface area contributed by atoms with Crippen LogP contribution in [-0.4, -0.2) is 30.4 Å². The average Bonchev–Trinajstić information content (AvgIpc) is 3.27. The van der Waals surface area contributed by atoms with Crippen LogP contribution in [0, 0.1) is 25.7 Å². The number of imide groups is 1. The van der Waals surface area contributed by atoms with Gasteiger partial charge in [-0.3, -0.25) is 19.7 Å². The van der Waals surface area contributed by atoms with Gasteiger partial charge in [-0.1, -0.05) is 67.3 Å². The summed E-state index contributed by atoms with van der Waals surface area (Å²) in [7, 11) is 1.34. The van der Waals surface area contributed by atoms with Crippen molar-refractivity contribution in [1.82, 2.24) is 5.32 Å². The fraction of sp³-hybridized carbons (Fsp3) is 0.423. The molecule has 4 rings (SSSR count). The predicted molar refractivity (Wildman–Crippen MR) is 122 cm³/mol. The molecule has 6 heteroatoms. The Balaban J connectivity index is 1.85.